The highest BCUT2D eigenvalue weighted by atomic mass is 16.7. The SMILES string of the molecule is CCC(=O)N1CC([N+](=O)[O-])([N+](=O)[O-])C1. The Bertz CT molecular complexity index is 280. The van der Waals surface area contributed by atoms with E-state index < -0.39 is 28.6 Å². The molecule has 1 aliphatic rings. The van der Waals surface area contributed by atoms with Crippen LogP contribution in [0.1, 0.15) is 13.3 Å². The van der Waals surface area contributed by atoms with Gasteiger partial charge >= 0.3 is 5.66 Å². The summed E-state index contributed by atoms with van der Waals surface area (Å²) >= 11 is 0. The van der Waals surface area contributed by atoms with Crippen LogP contribution in [0.5, 0.6) is 0 Å². The van der Waals surface area contributed by atoms with Gasteiger partial charge in [-0.05, 0) is 0 Å². The molecule has 0 radical (unpaired) electrons. The Hall–Kier alpha value is -1.73. The minimum atomic E-state index is -2.18. The van der Waals surface area contributed by atoms with Crippen LogP contribution < -0.4 is 0 Å². The highest BCUT2D eigenvalue weighted by Gasteiger charge is 2.67. The van der Waals surface area contributed by atoms with E-state index in [1.165, 1.54) is 0 Å². The summed E-state index contributed by atoms with van der Waals surface area (Å²) in [6.07, 6.45) is 0.200. The third-order valence-corrected chi connectivity index (χ3v) is 2.22. The van der Waals surface area contributed by atoms with Crippen LogP contribution in [0.25, 0.3) is 0 Å². The molecule has 78 valence electrons. The molecule has 0 saturated carbocycles. The molecule has 0 unspecified atom stereocenters. The summed E-state index contributed by atoms with van der Waals surface area (Å²) in [5.74, 6) is -0.302. The zero-order chi connectivity index (χ0) is 10.9. The van der Waals surface area contributed by atoms with Crippen LogP contribution in [-0.4, -0.2) is 39.4 Å². The second-order valence-electron chi connectivity index (χ2n) is 3.10. The third-order valence-electron chi connectivity index (χ3n) is 2.22. The minimum Gasteiger partial charge on any atom is -0.314 e. The highest BCUT2D eigenvalue weighted by molar-refractivity contribution is 5.76. The largest absolute Gasteiger partial charge is 0.492 e. The number of rotatable bonds is 3. The first-order valence-corrected chi connectivity index (χ1v) is 4.01. The summed E-state index contributed by atoms with van der Waals surface area (Å²) in [6, 6.07) is 0. The molecular weight excluding hydrogens is 194 g/mol. The molecule has 0 bridgehead atoms. The van der Waals surface area contributed by atoms with Gasteiger partial charge in [0.25, 0.3) is 0 Å². The van der Waals surface area contributed by atoms with E-state index in [1.54, 1.807) is 6.92 Å². The predicted octanol–water partition coefficient (Wildman–Crippen LogP) is -0.512. The van der Waals surface area contributed by atoms with Crippen molar-refractivity contribution < 1.29 is 14.6 Å². The Kier molecular flexibility index (Phi) is 2.37. The second-order valence-corrected chi connectivity index (χ2v) is 3.10. The van der Waals surface area contributed by atoms with Gasteiger partial charge in [-0.2, -0.15) is 0 Å². The molecule has 1 rings (SSSR count). The first kappa shape index (κ1) is 10.4. The van der Waals surface area contributed by atoms with E-state index in [4.69, 9.17) is 0 Å². The molecule has 1 heterocycles. The first-order chi connectivity index (χ1) is 6.44. The maximum absolute atomic E-state index is 11.0. The molecule has 0 N–H and O–H groups in total. The molecule has 8 nitrogen and oxygen atoms in total. The van der Waals surface area contributed by atoms with Gasteiger partial charge in [0.2, 0.25) is 5.91 Å². The van der Waals surface area contributed by atoms with Crippen molar-refractivity contribution in [1.82, 2.24) is 4.90 Å². The van der Waals surface area contributed by atoms with Crippen LogP contribution >= 0.6 is 0 Å². The number of amides is 1. The third kappa shape index (κ3) is 1.28. The molecule has 1 amide bonds. The summed E-state index contributed by atoms with van der Waals surface area (Å²) in [7, 11) is 0. The molecule has 0 aromatic carbocycles. The zero-order valence-electron chi connectivity index (χ0n) is 7.50. The number of nitro groups is 2. The fourth-order valence-corrected chi connectivity index (χ4v) is 1.26. The van der Waals surface area contributed by atoms with Crippen molar-refractivity contribution in [3.05, 3.63) is 20.2 Å². The number of likely N-dealkylation sites (tertiary alicyclic amines) is 1. The van der Waals surface area contributed by atoms with E-state index in [-0.39, 0.29) is 12.3 Å². The lowest BCUT2D eigenvalue weighted by Gasteiger charge is -2.35. The van der Waals surface area contributed by atoms with Gasteiger partial charge in [0, 0.05) is 6.42 Å². The molecule has 1 saturated heterocycles. The molecule has 14 heavy (non-hydrogen) atoms. The Morgan fingerprint density at radius 2 is 1.79 bits per heavy atom. The number of hydrogen-bond donors (Lipinski definition) is 0. The van der Waals surface area contributed by atoms with E-state index >= 15 is 0 Å². The summed E-state index contributed by atoms with van der Waals surface area (Å²) in [4.78, 5) is 31.1. The van der Waals surface area contributed by atoms with Gasteiger partial charge in [-0.1, -0.05) is 6.92 Å². The van der Waals surface area contributed by atoms with Crippen molar-refractivity contribution >= 4 is 5.91 Å². The number of nitrogens with zero attached hydrogens (tertiary/aromatic N) is 3. The standard InChI is InChI=1S/C6H9N3O5/c1-2-5(10)7-3-6(4-7,8(11)12)9(13)14/h2-4H2,1H3. The molecule has 0 aliphatic carbocycles. The Morgan fingerprint density at radius 1 is 1.36 bits per heavy atom. The van der Waals surface area contributed by atoms with Gasteiger partial charge in [0.15, 0.2) is 13.1 Å². The molecule has 0 atom stereocenters. The molecule has 0 aromatic rings. The zero-order valence-corrected chi connectivity index (χ0v) is 7.50. The number of hydrogen-bond acceptors (Lipinski definition) is 5. The van der Waals surface area contributed by atoms with Crippen molar-refractivity contribution in [3.63, 3.8) is 0 Å². The Labute approximate surface area is 78.8 Å². The highest BCUT2D eigenvalue weighted by Crippen LogP contribution is 2.25. The van der Waals surface area contributed by atoms with E-state index in [9.17, 15) is 25.0 Å². The number of carbonyl (C=O) groups is 1. The normalized spacial score (nSPS) is 18.5. The molecular formula is C6H9N3O5. The van der Waals surface area contributed by atoms with Crippen LogP contribution in [0.3, 0.4) is 0 Å². The minimum absolute atomic E-state index is 0.200. The van der Waals surface area contributed by atoms with Gasteiger partial charge in [-0.3, -0.25) is 25.0 Å². The van der Waals surface area contributed by atoms with E-state index in [0.717, 1.165) is 4.90 Å². The molecule has 0 spiro atoms. The topological polar surface area (TPSA) is 107 Å². The van der Waals surface area contributed by atoms with Crippen LogP contribution in [0.4, 0.5) is 0 Å². The molecule has 1 aliphatic heterocycles. The van der Waals surface area contributed by atoms with E-state index in [0.29, 0.717) is 0 Å². The lowest BCUT2D eigenvalue weighted by atomic mass is 10.0. The monoisotopic (exact) mass is 203 g/mol. The van der Waals surface area contributed by atoms with Crippen molar-refractivity contribution in [1.29, 1.82) is 0 Å². The van der Waals surface area contributed by atoms with Gasteiger partial charge in [-0.15, -0.1) is 0 Å². The Balaban J connectivity index is 2.70. The van der Waals surface area contributed by atoms with E-state index in [2.05, 4.69) is 0 Å². The summed E-state index contributed by atoms with van der Waals surface area (Å²) < 4.78 is 0. The average Bonchev–Trinajstić information content (AvgIpc) is 2.00. The van der Waals surface area contributed by atoms with Crippen LogP contribution in [0, 0.1) is 20.2 Å². The lowest BCUT2D eigenvalue weighted by Crippen LogP contribution is -2.71. The smallest absolute Gasteiger partial charge is 0.314 e. The predicted molar refractivity (Wildman–Crippen MR) is 43.6 cm³/mol. The maximum atomic E-state index is 11.0. The lowest BCUT2D eigenvalue weighted by molar-refractivity contribution is -0.809. The average molecular weight is 203 g/mol. The first-order valence-electron chi connectivity index (χ1n) is 4.01. The van der Waals surface area contributed by atoms with Gasteiger partial charge in [0.05, 0.1) is 0 Å². The van der Waals surface area contributed by atoms with Crippen LogP contribution in [0.2, 0.25) is 0 Å². The van der Waals surface area contributed by atoms with E-state index in [1.807, 2.05) is 0 Å². The fraction of sp³-hybridized carbons (Fsp3) is 0.833. The van der Waals surface area contributed by atoms with Crippen molar-refractivity contribution in [2.24, 2.45) is 0 Å². The van der Waals surface area contributed by atoms with Crippen LogP contribution in [0.15, 0.2) is 0 Å². The molecule has 8 heteroatoms. The molecule has 0 aromatic heterocycles. The quantitative estimate of drug-likeness (QED) is 0.348. The van der Waals surface area contributed by atoms with Crippen molar-refractivity contribution in [2.45, 2.75) is 19.0 Å². The van der Waals surface area contributed by atoms with Crippen molar-refractivity contribution in [3.8, 4) is 0 Å². The maximum Gasteiger partial charge on any atom is 0.492 e. The fourth-order valence-electron chi connectivity index (χ4n) is 1.26. The second kappa shape index (κ2) is 3.20. The summed E-state index contributed by atoms with van der Waals surface area (Å²) in [5.41, 5.74) is -2.18. The summed E-state index contributed by atoms with van der Waals surface area (Å²) in [5, 5.41) is 20.9. The van der Waals surface area contributed by atoms with Gasteiger partial charge in [-0.25, -0.2) is 0 Å². The summed E-state index contributed by atoms with van der Waals surface area (Å²) in [6.45, 7) is 0.736. The molecule has 1 fully saturated rings. The van der Waals surface area contributed by atoms with Crippen molar-refractivity contribution in [2.75, 3.05) is 13.1 Å². The number of carbonyl (C=O) groups excluding carboxylic acids is 1. The Morgan fingerprint density at radius 3 is 2.07 bits per heavy atom. The van der Waals surface area contributed by atoms with Gasteiger partial charge < -0.3 is 4.90 Å². The van der Waals surface area contributed by atoms with Crippen LogP contribution in [-0.2, 0) is 4.79 Å². The van der Waals surface area contributed by atoms with Gasteiger partial charge in [0.1, 0.15) is 9.85 Å².